The van der Waals surface area contributed by atoms with Crippen LogP contribution in [0.5, 0.6) is 17.2 Å². The normalized spacial score (nSPS) is 9.45. The van der Waals surface area contributed by atoms with Gasteiger partial charge >= 0.3 is 0 Å². The highest BCUT2D eigenvalue weighted by atomic mass is 16.3. The lowest BCUT2D eigenvalue weighted by Crippen LogP contribution is -1.80. The second-order valence-corrected chi connectivity index (χ2v) is 2.02. The van der Waals surface area contributed by atoms with Gasteiger partial charge in [-0.2, -0.15) is 0 Å². The fourth-order valence-electron chi connectivity index (χ4n) is 0.676. The largest absolute Gasteiger partial charge is 0.507 e. The van der Waals surface area contributed by atoms with Gasteiger partial charge in [-0.05, 0) is 6.07 Å². The first-order valence-electron chi connectivity index (χ1n) is 2.85. The lowest BCUT2D eigenvalue weighted by Gasteiger charge is -1.99. The van der Waals surface area contributed by atoms with Gasteiger partial charge in [0.1, 0.15) is 5.75 Å². The maximum Gasteiger partial charge on any atom is 0.161 e. The fraction of sp³-hybridized carbons (Fsp3) is 0. The first-order chi connectivity index (χ1) is 5.15. The summed E-state index contributed by atoms with van der Waals surface area (Å²) in [4.78, 5) is 10.1. The van der Waals surface area contributed by atoms with Gasteiger partial charge in [-0.3, -0.25) is 4.79 Å². The number of phenolic OH excluding ortho intramolecular Hbond substituents is 3. The van der Waals surface area contributed by atoms with Crippen LogP contribution in [0, 0.1) is 0 Å². The molecular formula is C7H6O4. The van der Waals surface area contributed by atoms with Gasteiger partial charge in [-0.25, -0.2) is 0 Å². The van der Waals surface area contributed by atoms with Crippen LogP contribution in [0.2, 0.25) is 0 Å². The molecule has 0 aliphatic rings. The highest BCUT2D eigenvalue weighted by Gasteiger charge is 2.05. The molecule has 0 aliphatic heterocycles. The predicted molar refractivity (Wildman–Crippen MR) is 36.8 cm³/mol. The van der Waals surface area contributed by atoms with E-state index < -0.39 is 11.5 Å². The van der Waals surface area contributed by atoms with E-state index in [4.69, 9.17) is 15.3 Å². The molecule has 0 fully saturated rings. The average Bonchev–Trinajstić information content (AvgIpc) is 1.97. The van der Waals surface area contributed by atoms with Crippen LogP contribution in [0.15, 0.2) is 12.1 Å². The predicted octanol–water partition coefficient (Wildman–Crippen LogP) is 0.616. The Morgan fingerprint density at radius 2 is 1.55 bits per heavy atom. The summed E-state index contributed by atoms with van der Waals surface area (Å²) in [5, 5.41) is 26.5. The Bertz CT molecular complexity index is 293. The van der Waals surface area contributed by atoms with Crippen LogP contribution >= 0.6 is 0 Å². The van der Waals surface area contributed by atoms with E-state index in [2.05, 4.69) is 0 Å². The van der Waals surface area contributed by atoms with E-state index in [1.807, 2.05) is 0 Å². The van der Waals surface area contributed by atoms with Crippen molar-refractivity contribution >= 4 is 6.29 Å². The molecule has 0 heterocycles. The number of rotatable bonds is 1. The minimum Gasteiger partial charge on any atom is -0.507 e. The van der Waals surface area contributed by atoms with E-state index in [0.29, 0.717) is 6.29 Å². The van der Waals surface area contributed by atoms with Crippen LogP contribution in [-0.2, 0) is 0 Å². The topological polar surface area (TPSA) is 77.8 Å². The van der Waals surface area contributed by atoms with E-state index in [0.717, 1.165) is 12.1 Å². The Labute approximate surface area is 62.3 Å². The molecule has 0 aromatic heterocycles. The summed E-state index contributed by atoms with van der Waals surface area (Å²) in [6, 6.07) is 1.89. The van der Waals surface area contributed by atoms with Gasteiger partial charge in [0, 0.05) is 6.07 Å². The number of aromatic hydroxyl groups is 3. The van der Waals surface area contributed by atoms with Crippen LogP contribution in [0.25, 0.3) is 0 Å². The second kappa shape index (κ2) is 2.49. The van der Waals surface area contributed by atoms with Crippen LogP contribution < -0.4 is 0 Å². The van der Waals surface area contributed by atoms with Crippen molar-refractivity contribution in [2.24, 2.45) is 0 Å². The zero-order chi connectivity index (χ0) is 8.43. The van der Waals surface area contributed by atoms with E-state index in [1.165, 1.54) is 0 Å². The van der Waals surface area contributed by atoms with Crippen LogP contribution in [0.4, 0.5) is 0 Å². The van der Waals surface area contributed by atoms with Crippen molar-refractivity contribution < 1.29 is 20.1 Å². The summed E-state index contributed by atoms with van der Waals surface area (Å²) < 4.78 is 0. The standard InChI is InChI=1S/C7H6O4/c8-3-4-1-6(10)7(11)2-5(4)9/h1-3,9-11H. The van der Waals surface area contributed by atoms with Crippen LogP contribution in [0.3, 0.4) is 0 Å². The first-order valence-corrected chi connectivity index (χ1v) is 2.85. The molecule has 0 amide bonds. The van der Waals surface area contributed by atoms with E-state index in [9.17, 15) is 4.79 Å². The maximum absolute atomic E-state index is 10.1. The number of carbonyl (C=O) groups is 1. The molecule has 0 spiro atoms. The smallest absolute Gasteiger partial charge is 0.161 e. The number of hydrogen-bond donors (Lipinski definition) is 3. The van der Waals surface area contributed by atoms with Crippen molar-refractivity contribution in [2.45, 2.75) is 0 Å². The average molecular weight is 154 g/mol. The summed E-state index contributed by atoms with van der Waals surface area (Å²) in [7, 11) is 0. The number of benzene rings is 1. The minimum absolute atomic E-state index is 0.0553. The fourth-order valence-corrected chi connectivity index (χ4v) is 0.676. The molecule has 0 atom stereocenters. The molecule has 11 heavy (non-hydrogen) atoms. The lowest BCUT2D eigenvalue weighted by molar-refractivity contribution is 0.112. The number of phenols is 3. The Morgan fingerprint density at radius 3 is 2.09 bits per heavy atom. The first kappa shape index (κ1) is 7.40. The van der Waals surface area contributed by atoms with Crippen molar-refractivity contribution in [3.63, 3.8) is 0 Å². The highest BCUT2D eigenvalue weighted by Crippen LogP contribution is 2.30. The van der Waals surface area contributed by atoms with Crippen molar-refractivity contribution in [3.05, 3.63) is 17.7 Å². The summed E-state index contributed by atoms with van der Waals surface area (Å²) >= 11 is 0. The number of carbonyl (C=O) groups excluding carboxylic acids is 1. The third-order valence-corrected chi connectivity index (χ3v) is 1.25. The maximum atomic E-state index is 10.1. The van der Waals surface area contributed by atoms with Gasteiger partial charge in [-0.15, -0.1) is 0 Å². The molecule has 0 saturated carbocycles. The molecule has 1 rings (SSSR count). The summed E-state index contributed by atoms with van der Waals surface area (Å²) in [5.74, 6) is -1.23. The van der Waals surface area contributed by atoms with Gasteiger partial charge in [0.15, 0.2) is 17.8 Å². The Hall–Kier alpha value is -1.71. The lowest BCUT2D eigenvalue weighted by atomic mass is 10.2. The molecule has 1 aromatic carbocycles. The van der Waals surface area contributed by atoms with E-state index in [-0.39, 0.29) is 11.3 Å². The molecule has 58 valence electrons. The monoisotopic (exact) mass is 154 g/mol. The number of hydrogen-bond acceptors (Lipinski definition) is 4. The quantitative estimate of drug-likeness (QED) is 0.314. The molecule has 0 saturated heterocycles. The molecule has 0 aliphatic carbocycles. The SMILES string of the molecule is O=Cc1cc(O)c(O)cc1O. The highest BCUT2D eigenvalue weighted by molar-refractivity contribution is 5.80. The molecule has 4 heteroatoms. The molecule has 1 aromatic rings. The van der Waals surface area contributed by atoms with Crippen molar-refractivity contribution in [2.75, 3.05) is 0 Å². The number of aldehydes is 1. The minimum atomic E-state index is -0.451. The zero-order valence-electron chi connectivity index (χ0n) is 5.48. The molecule has 0 radical (unpaired) electrons. The Morgan fingerprint density at radius 1 is 1.00 bits per heavy atom. The Balaban J connectivity index is 3.31. The van der Waals surface area contributed by atoms with Gasteiger partial charge < -0.3 is 15.3 Å². The summed E-state index contributed by atoms with van der Waals surface area (Å²) in [6.45, 7) is 0. The third kappa shape index (κ3) is 1.24. The second-order valence-electron chi connectivity index (χ2n) is 2.02. The molecular weight excluding hydrogens is 148 g/mol. The van der Waals surface area contributed by atoms with E-state index in [1.54, 1.807) is 0 Å². The van der Waals surface area contributed by atoms with Gasteiger partial charge in [0.2, 0.25) is 0 Å². The molecule has 4 nitrogen and oxygen atoms in total. The molecule has 0 bridgehead atoms. The Kier molecular flexibility index (Phi) is 1.68. The summed E-state index contributed by atoms with van der Waals surface area (Å²) in [5.41, 5.74) is -0.0553. The summed E-state index contributed by atoms with van der Waals surface area (Å²) in [6.07, 6.45) is 0.383. The van der Waals surface area contributed by atoms with Gasteiger partial charge in [-0.1, -0.05) is 0 Å². The van der Waals surface area contributed by atoms with E-state index >= 15 is 0 Å². The van der Waals surface area contributed by atoms with Crippen molar-refractivity contribution in [3.8, 4) is 17.2 Å². The van der Waals surface area contributed by atoms with Crippen LogP contribution in [0.1, 0.15) is 10.4 Å². The van der Waals surface area contributed by atoms with Crippen LogP contribution in [-0.4, -0.2) is 21.6 Å². The van der Waals surface area contributed by atoms with Crippen molar-refractivity contribution in [1.29, 1.82) is 0 Å². The van der Waals surface area contributed by atoms with Crippen molar-refractivity contribution in [1.82, 2.24) is 0 Å². The third-order valence-electron chi connectivity index (χ3n) is 1.25. The molecule has 3 N–H and O–H groups in total. The zero-order valence-corrected chi connectivity index (χ0v) is 5.48. The van der Waals surface area contributed by atoms with Gasteiger partial charge in [0.05, 0.1) is 5.56 Å². The molecule has 0 unspecified atom stereocenters. The van der Waals surface area contributed by atoms with Gasteiger partial charge in [0.25, 0.3) is 0 Å².